The molecule has 0 aromatic heterocycles. The number of thioether (sulfide) groups is 1. The Morgan fingerprint density at radius 2 is 1.93 bits per heavy atom. The van der Waals surface area contributed by atoms with Gasteiger partial charge in [-0.15, -0.1) is 0 Å². The van der Waals surface area contributed by atoms with Crippen LogP contribution < -0.4 is 0 Å². The average molecular weight is 384 g/mol. The van der Waals surface area contributed by atoms with Gasteiger partial charge >= 0.3 is 5.97 Å². The maximum atomic E-state index is 12.1. The highest BCUT2D eigenvalue weighted by atomic mass is 32.2. The molecule has 10 heteroatoms. The molecule has 0 spiro atoms. The SMILES string of the molecule is O=C(O)c1ccccc1/C=N/N1C(=O)CSC1=Nc1ccc([N+](=O)[O-])cc1. The number of aliphatic imine (C=N–C) groups is 1. The highest BCUT2D eigenvalue weighted by Gasteiger charge is 2.28. The smallest absolute Gasteiger partial charge is 0.336 e. The lowest BCUT2D eigenvalue weighted by molar-refractivity contribution is -0.384. The topological polar surface area (TPSA) is 125 Å². The number of benzene rings is 2. The Balaban J connectivity index is 1.86. The summed E-state index contributed by atoms with van der Waals surface area (Å²) in [7, 11) is 0. The lowest BCUT2D eigenvalue weighted by atomic mass is 10.1. The van der Waals surface area contributed by atoms with Crippen LogP contribution in [0.3, 0.4) is 0 Å². The van der Waals surface area contributed by atoms with Crippen molar-refractivity contribution < 1.29 is 19.6 Å². The maximum Gasteiger partial charge on any atom is 0.336 e. The molecule has 136 valence electrons. The predicted molar refractivity (Wildman–Crippen MR) is 100 cm³/mol. The number of carboxylic acid groups (broad SMARTS) is 1. The minimum Gasteiger partial charge on any atom is -0.478 e. The van der Waals surface area contributed by atoms with Gasteiger partial charge in [0, 0.05) is 17.7 Å². The van der Waals surface area contributed by atoms with Gasteiger partial charge < -0.3 is 5.11 Å². The summed E-state index contributed by atoms with van der Waals surface area (Å²) in [5.41, 5.74) is 0.789. The fourth-order valence-electron chi connectivity index (χ4n) is 2.23. The highest BCUT2D eigenvalue weighted by molar-refractivity contribution is 8.15. The molecule has 1 saturated heterocycles. The van der Waals surface area contributed by atoms with E-state index in [-0.39, 0.29) is 22.9 Å². The standard InChI is InChI=1S/C17H12N4O5S/c22-15-10-27-17(19-12-5-7-13(8-6-12)21(25)26)20(15)18-9-11-3-1-2-4-14(11)16(23)24/h1-9H,10H2,(H,23,24)/b18-9+,19-17?. The second-order valence-corrected chi connectivity index (χ2v) is 6.24. The van der Waals surface area contributed by atoms with E-state index in [9.17, 15) is 24.8 Å². The molecule has 1 heterocycles. The van der Waals surface area contributed by atoms with Crippen LogP contribution in [0.2, 0.25) is 0 Å². The number of amides is 1. The Bertz CT molecular complexity index is 972. The summed E-state index contributed by atoms with van der Waals surface area (Å²) in [5, 5.41) is 25.4. The van der Waals surface area contributed by atoms with E-state index in [1.807, 2.05) is 0 Å². The first-order chi connectivity index (χ1) is 13.0. The molecule has 1 aliphatic rings. The van der Waals surface area contributed by atoms with Crippen molar-refractivity contribution in [3.05, 3.63) is 69.8 Å². The van der Waals surface area contributed by atoms with Gasteiger partial charge in [-0.3, -0.25) is 14.9 Å². The van der Waals surface area contributed by atoms with Crippen LogP contribution in [-0.2, 0) is 4.79 Å². The van der Waals surface area contributed by atoms with Crippen LogP contribution in [0.1, 0.15) is 15.9 Å². The summed E-state index contributed by atoms with van der Waals surface area (Å²) in [6, 6.07) is 11.9. The number of hydrogen-bond donors (Lipinski definition) is 1. The van der Waals surface area contributed by atoms with Crippen molar-refractivity contribution >= 4 is 46.4 Å². The van der Waals surface area contributed by atoms with Crippen LogP contribution in [0.4, 0.5) is 11.4 Å². The molecule has 1 fully saturated rings. The third-order valence-electron chi connectivity index (χ3n) is 3.53. The molecular formula is C17H12N4O5S. The number of carbonyl (C=O) groups excluding carboxylic acids is 1. The second-order valence-electron chi connectivity index (χ2n) is 5.30. The summed E-state index contributed by atoms with van der Waals surface area (Å²) < 4.78 is 0. The number of rotatable bonds is 5. The fourth-order valence-corrected chi connectivity index (χ4v) is 3.05. The van der Waals surface area contributed by atoms with Crippen LogP contribution in [-0.4, -0.2) is 44.1 Å². The van der Waals surface area contributed by atoms with Crippen molar-refractivity contribution in [3.8, 4) is 0 Å². The minimum absolute atomic E-state index is 0.0609. The molecule has 0 bridgehead atoms. The molecule has 1 aliphatic heterocycles. The van der Waals surface area contributed by atoms with E-state index in [0.717, 1.165) is 5.01 Å². The van der Waals surface area contributed by atoms with Gasteiger partial charge in [-0.1, -0.05) is 30.0 Å². The highest BCUT2D eigenvalue weighted by Crippen LogP contribution is 2.25. The van der Waals surface area contributed by atoms with Gasteiger partial charge in [0.15, 0.2) is 5.17 Å². The van der Waals surface area contributed by atoms with E-state index in [1.165, 1.54) is 48.3 Å². The molecule has 0 radical (unpaired) electrons. The molecule has 0 aliphatic carbocycles. The predicted octanol–water partition coefficient (Wildman–Crippen LogP) is 2.89. The number of carbonyl (C=O) groups is 2. The quantitative estimate of drug-likeness (QED) is 0.480. The van der Waals surface area contributed by atoms with Crippen molar-refractivity contribution in [2.24, 2.45) is 10.1 Å². The van der Waals surface area contributed by atoms with Gasteiger partial charge in [0.2, 0.25) is 0 Å². The summed E-state index contributed by atoms with van der Waals surface area (Å²) in [6.07, 6.45) is 1.29. The Morgan fingerprint density at radius 1 is 1.22 bits per heavy atom. The maximum absolute atomic E-state index is 12.1. The van der Waals surface area contributed by atoms with Crippen molar-refractivity contribution in [2.75, 3.05) is 5.75 Å². The van der Waals surface area contributed by atoms with Gasteiger partial charge in [-0.2, -0.15) is 10.1 Å². The number of amidine groups is 1. The number of hydrazone groups is 1. The molecule has 3 rings (SSSR count). The monoisotopic (exact) mass is 384 g/mol. The van der Waals surface area contributed by atoms with Crippen molar-refractivity contribution in [2.45, 2.75) is 0 Å². The Morgan fingerprint density at radius 3 is 2.59 bits per heavy atom. The van der Waals surface area contributed by atoms with E-state index in [1.54, 1.807) is 18.2 Å². The average Bonchev–Trinajstić information content (AvgIpc) is 3.00. The third-order valence-corrected chi connectivity index (χ3v) is 4.44. The van der Waals surface area contributed by atoms with Gasteiger partial charge in [0.25, 0.3) is 11.6 Å². The van der Waals surface area contributed by atoms with E-state index in [0.29, 0.717) is 16.4 Å². The molecule has 0 saturated carbocycles. The van der Waals surface area contributed by atoms with Crippen LogP contribution >= 0.6 is 11.8 Å². The zero-order valence-corrected chi connectivity index (χ0v) is 14.5. The van der Waals surface area contributed by atoms with Gasteiger partial charge in [-0.25, -0.2) is 9.79 Å². The largest absolute Gasteiger partial charge is 0.478 e. The normalized spacial score (nSPS) is 15.6. The molecule has 1 N–H and O–H groups in total. The number of non-ortho nitro benzene ring substituents is 1. The number of carboxylic acids is 1. The van der Waals surface area contributed by atoms with Crippen molar-refractivity contribution in [1.29, 1.82) is 0 Å². The number of hydrogen-bond acceptors (Lipinski definition) is 7. The van der Waals surface area contributed by atoms with E-state index in [2.05, 4.69) is 10.1 Å². The number of aromatic carboxylic acids is 1. The van der Waals surface area contributed by atoms with Crippen molar-refractivity contribution in [1.82, 2.24) is 5.01 Å². The fraction of sp³-hybridized carbons (Fsp3) is 0.0588. The summed E-state index contributed by atoms with van der Waals surface area (Å²) in [6.45, 7) is 0. The summed E-state index contributed by atoms with van der Waals surface area (Å²) in [4.78, 5) is 37.8. The molecular weight excluding hydrogens is 372 g/mol. The first kappa shape index (κ1) is 18.3. The number of nitro benzene ring substituents is 1. The lowest BCUT2D eigenvalue weighted by Crippen LogP contribution is -2.24. The summed E-state index contributed by atoms with van der Waals surface area (Å²) >= 11 is 1.17. The third kappa shape index (κ3) is 4.18. The molecule has 1 amide bonds. The van der Waals surface area contributed by atoms with Crippen LogP contribution in [0.15, 0.2) is 58.6 Å². The van der Waals surface area contributed by atoms with E-state index in [4.69, 9.17) is 0 Å². The minimum atomic E-state index is -1.10. The van der Waals surface area contributed by atoms with Crippen molar-refractivity contribution in [3.63, 3.8) is 0 Å². The van der Waals surface area contributed by atoms with Crippen LogP contribution in [0.25, 0.3) is 0 Å². The molecule has 9 nitrogen and oxygen atoms in total. The van der Waals surface area contributed by atoms with Crippen LogP contribution in [0.5, 0.6) is 0 Å². The van der Waals surface area contributed by atoms with Gasteiger partial charge in [0.1, 0.15) is 0 Å². The Kier molecular flexibility index (Phi) is 5.27. The molecule has 2 aromatic carbocycles. The first-order valence-electron chi connectivity index (χ1n) is 7.61. The summed E-state index contributed by atoms with van der Waals surface area (Å²) in [5.74, 6) is -1.26. The van der Waals surface area contributed by atoms with Crippen LogP contribution in [0, 0.1) is 10.1 Å². The Hall–Kier alpha value is -3.53. The molecule has 0 unspecified atom stereocenters. The second kappa shape index (κ2) is 7.79. The zero-order valence-electron chi connectivity index (χ0n) is 13.7. The van der Waals surface area contributed by atoms with E-state index < -0.39 is 10.9 Å². The van der Waals surface area contributed by atoms with Gasteiger partial charge in [-0.05, 0) is 18.2 Å². The number of nitro groups is 1. The Labute approximate surface area is 157 Å². The van der Waals surface area contributed by atoms with Gasteiger partial charge in [0.05, 0.1) is 28.1 Å². The lowest BCUT2D eigenvalue weighted by Gasteiger charge is -2.09. The first-order valence-corrected chi connectivity index (χ1v) is 8.59. The molecule has 0 atom stereocenters. The zero-order chi connectivity index (χ0) is 19.4. The van der Waals surface area contributed by atoms with E-state index >= 15 is 0 Å². The number of nitrogens with zero attached hydrogens (tertiary/aromatic N) is 4. The molecule has 27 heavy (non-hydrogen) atoms. The molecule has 2 aromatic rings.